The van der Waals surface area contributed by atoms with Gasteiger partial charge in [-0.2, -0.15) is 0 Å². The molecule has 4 aromatic rings. The number of aliphatic imine (C=N–C) groups is 2. The van der Waals surface area contributed by atoms with E-state index in [2.05, 4.69) is 65.8 Å². The summed E-state index contributed by atoms with van der Waals surface area (Å²) in [6.45, 7) is 12.5. The van der Waals surface area contributed by atoms with Crippen LogP contribution < -0.4 is 0 Å². The summed E-state index contributed by atoms with van der Waals surface area (Å²) in [5, 5.41) is 21.8. The van der Waals surface area contributed by atoms with Gasteiger partial charge >= 0.3 is 0 Å². The molecule has 4 rings (SSSR count). The van der Waals surface area contributed by atoms with E-state index in [1.807, 2.05) is 36.7 Å². The van der Waals surface area contributed by atoms with Gasteiger partial charge in [0.1, 0.15) is 23.6 Å². The summed E-state index contributed by atoms with van der Waals surface area (Å²) in [6.07, 6.45) is 3.76. The third-order valence-corrected chi connectivity index (χ3v) is 7.01. The van der Waals surface area contributed by atoms with Gasteiger partial charge in [0.25, 0.3) is 0 Å². The van der Waals surface area contributed by atoms with Crippen LogP contribution in [0.2, 0.25) is 0 Å². The van der Waals surface area contributed by atoms with Gasteiger partial charge in [0.05, 0.1) is 0 Å². The Labute approximate surface area is 226 Å². The summed E-state index contributed by atoms with van der Waals surface area (Å²) in [5.74, 6) is 0.288. The fraction of sp³-hybridized carbons (Fsp3) is 0.235. The van der Waals surface area contributed by atoms with Gasteiger partial charge in [-0.15, -0.1) is 0 Å². The molecule has 0 amide bonds. The molecule has 0 heterocycles. The van der Waals surface area contributed by atoms with Crippen LogP contribution in [0.25, 0.3) is 0 Å². The normalized spacial score (nSPS) is 13.3. The van der Waals surface area contributed by atoms with Crippen molar-refractivity contribution in [2.45, 2.75) is 53.6 Å². The first-order valence-electron chi connectivity index (χ1n) is 12.9. The number of aromatic hydroxyl groups is 2. The van der Waals surface area contributed by atoms with Gasteiger partial charge in [-0.1, -0.05) is 71.8 Å². The van der Waals surface area contributed by atoms with Gasteiger partial charge in [-0.3, -0.25) is 9.98 Å². The molecule has 0 radical (unpaired) electrons. The zero-order chi connectivity index (χ0) is 27.4. The minimum Gasteiger partial charge on any atom is -0.508 e. The number of nitrogens with zero attached hydrogens (tertiary/aromatic N) is 2. The molecule has 0 saturated carbocycles. The maximum absolute atomic E-state index is 10.9. The predicted molar refractivity (Wildman–Crippen MR) is 158 cm³/mol. The number of phenols is 2. The monoisotopic (exact) mass is 504 g/mol. The molecule has 4 aromatic carbocycles. The molecular formula is C34H36N2O2. The third kappa shape index (κ3) is 5.86. The van der Waals surface area contributed by atoms with Crippen molar-refractivity contribution < 1.29 is 10.2 Å². The summed E-state index contributed by atoms with van der Waals surface area (Å²) in [4.78, 5) is 10.1. The van der Waals surface area contributed by atoms with Crippen molar-refractivity contribution in [3.05, 3.63) is 128 Å². The van der Waals surface area contributed by atoms with E-state index < -0.39 is 12.1 Å². The first-order valence-corrected chi connectivity index (χ1v) is 12.9. The summed E-state index contributed by atoms with van der Waals surface area (Å²) in [7, 11) is 0. The van der Waals surface area contributed by atoms with Crippen molar-refractivity contribution in [3.8, 4) is 11.5 Å². The van der Waals surface area contributed by atoms with Crippen molar-refractivity contribution in [1.29, 1.82) is 0 Å². The van der Waals surface area contributed by atoms with Gasteiger partial charge in [0.2, 0.25) is 0 Å². The smallest absolute Gasteiger partial charge is 0.121 e. The molecule has 4 heteroatoms. The lowest BCUT2D eigenvalue weighted by molar-refractivity contribution is 0.438. The molecule has 2 atom stereocenters. The average Bonchev–Trinajstić information content (AvgIpc) is 2.84. The molecule has 194 valence electrons. The topological polar surface area (TPSA) is 65.2 Å². The molecule has 0 unspecified atom stereocenters. The third-order valence-electron chi connectivity index (χ3n) is 7.01. The number of para-hydroxylation sites is 2. The molecule has 38 heavy (non-hydrogen) atoms. The van der Waals surface area contributed by atoms with Gasteiger partial charge in [0, 0.05) is 23.6 Å². The van der Waals surface area contributed by atoms with E-state index in [9.17, 15) is 10.2 Å². The van der Waals surface area contributed by atoms with Crippen LogP contribution >= 0.6 is 0 Å². The Balaban J connectivity index is 1.91. The number of hydrogen-bond acceptors (Lipinski definition) is 4. The highest BCUT2D eigenvalue weighted by Gasteiger charge is 2.28. The van der Waals surface area contributed by atoms with E-state index >= 15 is 0 Å². The molecule has 0 bridgehead atoms. The molecular weight excluding hydrogens is 468 g/mol. The van der Waals surface area contributed by atoms with Gasteiger partial charge < -0.3 is 10.2 Å². The van der Waals surface area contributed by atoms with E-state index in [1.54, 1.807) is 24.3 Å². The van der Waals surface area contributed by atoms with Crippen LogP contribution in [0.4, 0.5) is 0 Å². The molecule has 0 aliphatic carbocycles. The van der Waals surface area contributed by atoms with E-state index in [4.69, 9.17) is 9.98 Å². The van der Waals surface area contributed by atoms with Crippen molar-refractivity contribution in [3.63, 3.8) is 0 Å². The fourth-order valence-corrected chi connectivity index (χ4v) is 5.24. The molecule has 0 aliphatic rings. The minimum atomic E-state index is -0.577. The van der Waals surface area contributed by atoms with Gasteiger partial charge in [-0.25, -0.2) is 0 Å². The molecule has 4 nitrogen and oxygen atoms in total. The zero-order valence-electron chi connectivity index (χ0n) is 23.0. The van der Waals surface area contributed by atoms with Crippen LogP contribution in [0.5, 0.6) is 11.5 Å². The summed E-state index contributed by atoms with van der Waals surface area (Å²) < 4.78 is 0. The summed E-state index contributed by atoms with van der Waals surface area (Å²) >= 11 is 0. The Morgan fingerprint density at radius 2 is 0.842 bits per heavy atom. The van der Waals surface area contributed by atoms with E-state index in [0.29, 0.717) is 11.1 Å². The second-order valence-electron chi connectivity index (χ2n) is 10.2. The standard InChI is InChI=1S/C34H36N2O2/c1-21-15-23(3)29(24(4)16-21)19-35-33(27-11-7-9-13-31(27)37)34(28-12-8-10-14-32(28)38)36-20-30-25(5)17-22(2)18-26(30)6/h7-20,33-34,37-38H,1-6H3/t33-,34-/m1/s1. The van der Waals surface area contributed by atoms with Crippen molar-refractivity contribution >= 4 is 12.4 Å². The maximum atomic E-state index is 10.9. The molecule has 0 aliphatic heterocycles. The predicted octanol–water partition coefficient (Wildman–Crippen LogP) is 7.97. The molecule has 0 aromatic heterocycles. The van der Waals surface area contributed by atoms with Crippen molar-refractivity contribution in [2.24, 2.45) is 9.98 Å². The van der Waals surface area contributed by atoms with Crippen LogP contribution in [0.1, 0.15) is 67.7 Å². The number of benzene rings is 4. The Morgan fingerprint density at radius 1 is 0.526 bits per heavy atom. The first kappa shape index (κ1) is 26.9. The maximum Gasteiger partial charge on any atom is 0.121 e. The quantitative estimate of drug-likeness (QED) is 0.251. The van der Waals surface area contributed by atoms with Gasteiger partial charge in [-0.05, 0) is 87.1 Å². The Kier molecular flexibility index (Phi) is 8.11. The van der Waals surface area contributed by atoms with Crippen molar-refractivity contribution in [2.75, 3.05) is 0 Å². The zero-order valence-corrected chi connectivity index (χ0v) is 23.0. The number of hydrogen-bond donors (Lipinski definition) is 2. The lowest BCUT2D eigenvalue weighted by Crippen LogP contribution is -2.10. The minimum absolute atomic E-state index is 0.144. The van der Waals surface area contributed by atoms with Crippen molar-refractivity contribution in [1.82, 2.24) is 0 Å². The van der Waals surface area contributed by atoms with Crippen LogP contribution in [0.3, 0.4) is 0 Å². The van der Waals surface area contributed by atoms with Crippen LogP contribution in [-0.2, 0) is 0 Å². The number of aryl methyl sites for hydroxylation is 6. The highest BCUT2D eigenvalue weighted by molar-refractivity contribution is 5.85. The summed E-state index contributed by atoms with van der Waals surface area (Å²) in [5.41, 5.74) is 10.3. The largest absolute Gasteiger partial charge is 0.508 e. The number of phenolic OH excluding ortho intramolecular Hbond substituents is 2. The summed E-state index contributed by atoms with van der Waals surface area (Å²) in [6, 6.07) is 21.9. The number of rotatable bonds is 7. The van der Waals surface area contributed by atoms with Gasteiger partial charge in [0.15, 0.2) is 0 Å². The molecule has 0 fully saturated rings. The fourth-order valence-electron chi connectivity index (χ4n) is 5.24. The van der Waals surface area contributed by atoms with E-state index in [-0.39, 0.29) is 11.5 Å². The Hall–Kier alpha value is -4.18. The molecule has 0 saturated heterocycles. The van der Waals surface area contributed by atoms with Crippen LogP contribution in [-0.4, -0.2) is 22.6 Å². The molecule has 2 N–H and O–H groups in total. The SMILES string of the molecule is Cc1cc(C)c(C=N[C@H](c2ccccc2O)[C@H](N=Cc2c(C)cc(C)cc2C)c2ccccc2O)c(C)c1. The average molecular weight is 505 g/mol. The lowest BCUT2D eigenvalue weighted by atomic mass is 9.92. The van der Waals surface area contributed by atoms with E-state index in [0.717, 1.165) is 33.4 Å². The Morgan fingerprint density at radius 3 is 1.16 bits per heavy atom. The lowest BCUT2D eigenvalue weighted by Gasteiger charge is -2.24. The first-order chi connectivity index (χ1) is 18.2. The van der Waals surface area contributed by atoms with Crippen LogP contribution in [0.15, 0.2) is 82.8 Å². The second kappa shape index (κ2) is 11.5. The highest BCUT2D eigenvalue weighted by atomic mass is 16.3. The highest BCUT2D eigenvalue weighted by Crippen LogP contribution is 2.42. The Bertz CT molecular complexity index is 1360. The van der Waals surface area contributed by atoms with Crippen LogP contribution in [0, 0.1) is 41.5 Å². The molecule has 0 spiro atoms. The second-order valence-corrected chi connectivity index (χ2v) is 10.2. The van der Waals surface area contributed by atoms with E-state index in [1.165, 1.54) is 11.1 Å².